The SMILES string of the molecule is CCCCn1c2c(c(=O)[nH]c1=O)[C@@H](c1cccs1)NC(=O)N2. The van der Waals surface area contributed by atoms with Gasteiger partial charge in [0.25, 0.3) is 5.56 Å². The third-order valence-corrected chi connectivity index (χ3v) is 4.53. The lowest BCUT2D eigenvalue weighted by atomic mass is 10.1. The van der Waals surface area contributed by atoms with Crippen LogP contribution in [0.15, 0.2) is 27.1 Å². The Morgan fingerprint density at radius 3 is 2.82 bits per heavy atom. The van der Waals surface area contributed by atoms with E-state index < -0.39 is 23.3 Å². The molecular formula is C14H16N4O3S. The molecule has 0 saturated heterocycles. The maximum atomic E-state index is 12.3. The number of nitrogens with zero attached hydrogens (tertiary/aromatic N) is 1. The maximum Gasteiger partial charge on any atom is 0.329 e. The van der Waals surface area contributed by atoms with Crippen molar-refractivity contribution in [3.63, 3.8) is 0 Å². The van der Waals surface area contributed by atoms with Crippen molar-refractivity contribution in [1.82, 2.24) is 14.9 Å². The highest BCUT2D eigenvalue weighted by Gasteiger charge is 2.31. The number of nitrogens with one attached hydrogen (secondary N) is 3. The topological polar surface area (TPSA) is 96.0 Å². The highest BCUT2D eigenvalue weighted by Crippen LogP contribution is 2.30. The number of aromatic amines is 1. The largest absolute Gasteiger partial charge is 0.329 e. The van der Waals surface area contributed by atoms with E-state index in [4.69, 9.17) is 0 Å². The van der Waals surface area contributed by atoms with Crippen molar-refractivity contribution in [2.75, 3.05) is 5.32 Å². The standard InChI is InChI=1S/C14H16N4O3S/c1-2-3-6-18-11-9(12(19)17-14(18)21)10(15-13(20)16-11)8-5-4-7-22-8/h4-5,7,10H,2-3,6H2,1H3,(H2,15,16,20)(H,17,19,21)/t10-/m1/s1. The van der Waals surface area contributed by atoms with Crippen LogP contribution in [0.3, 0.4) is 0 Å². The second kappa shape index (κ2) is 5.80. The van der Waals surface area contributed by atoms with Crippen LogP contribution in [-0.2, 0) is 6.54 Å². The van der Waals surface area contributed by atoms with Crippen molar-refractivity contribution in [3.8, 4) is 0 Å². The molecule has 3 rings (SSSR count). The van der Waals surface area contributed by atoms with E-state index in [0.29, 0.717) is 17.9 Å². The van der Waals surface area contributed by atoms with E-state index in [2.05, 4.69) is 15.6 Å². The first kappa shape index (κ1) is 14.6. The van der Waals surface area contributed by atoms with Gasteiger partial charge in [-0.2, -0.15) is 0 Å². The summed E-state index contributed by atoms with van der Waals surface area (Å²) in [6.07, 6.45) is 1.69. The molecule has 2 amide bonds. The lowest BCUT2D eigenvalue weighted by Gasteiger charge is -2.27. The normalized spacial score (nSPS) is 16.8. The third-order valence-electron chi connectivity index (χ3n) is 3.59. The molecule has 0 radical (unpaired) electrons. The number of anilines is 1. The third kappa shape index (κ3) is 2.45. The number of urea groups is 1. The van der Waals surface area contributed by atoms with E-state index in [-0.39, 0.29) is 0 Å². The molecule has 2 aromatic heterocycles. The summed E-state index contributed by atoms with van der Waals surface area (Å²) >= 11 is 1.45. The summed E-state index contributed by atoms with van der Waals surface area (Å²) in [5.74, 6) is 0.296. The van der Waals surface area contributed by atoms with Crippen LogP contribution in [0.2, 0.25) is 0 Å². The Labute approximate surface area is 130 Å². The second-order valence-corrected chi connectivity index (χ2v) is 6.05. The number of rotatable bonds is 4. The molecule has 0 aliphatic carbocycles. The summed E-state index contributed by atoms with van der Waals surface area (Å²) in [4.78, 5) is 39.5. The predicted molar refractivity (Wildman–Crippen MR) is 84.5 cm³/mol. The highest BCUT2D eigenvalue weighted by atomic mass is 32.1. The number of unbranched alkanes of at least 4 members (excludes halogenated alkanes) is 1. The quantitative estimate of drug-likeness (QED) is 0.799. The summed E-state index contributed by atoms with van der Waals surface area (Å²) in [6.45, 7) is 2.46. The van der Waals surface area contributed by atoms with E-state index in [9.17, 15) is 14.4 Å². The van der Waals surface area contributed by atoms with Gasteiger partial charge in [-0.05, 0) is 17.9 Å². The van der Waals surface area contributed by atoms with E-state index >= 15 is 0 Å². The molecule has 0 bridgehead atoms. The molecule has 7 nitrogen and oxygen atoms in total. The van der Waals surface area contributed by atoms with Crippen molar-refractivity contribution >= 4 is 23.2 Å². The molecule has 0 saturated carbocycles. The monoisotopic (exact) mass is 320 g/mol. The molecule has 1 aliphatic rings. The fourth-order valence-corrected chi connectivity index (χ4v) is 3.32. The van der Waals surface area contributed by atoms with Crippen LogP contribution in [0.4, 0.5) is 10.6 Å². The minimum atomic E-state index is -0.541. The molecule has 3 heterocycles. The Bertz CT molecular complexity index is 806. The molecule has 8 heteroatoms. The van der Waals surface area contributed by atoms with Gasteiger partial charge in [-0.15, -0.1) is 11.3 Å². The predicted octanol–water partition coefficient (Wildman–Crippen LogP) is 1.62. The molecule has 116 valence electrons. The molecule has 1 atom stereocenters. The van der Waals surface area contributed by atoms with Gasteiger partial charge in [0, 0.05) is 11.4 Å². The van der Waals surface area contributed by atoms with Crippen molar-refractivity contribution in [3.05, 3.63) is 48.8 Å². The number of carbonyl (C=O) groups excluding carboxylic acids is 1. The number of H-pyrrole nitrogens is 1. The molecule has 2 aromatic rings. The molecule has 1 aliphatic heterocycles. The summed E-state index contributed by atoms with van der Waals surface area (Å²) in [7, 11) is 0. The number of amides is 2. The highest BCUT2D eigenvalue weighted by molar-refractivity contribution is 7.10. The average molecular weight is 320 g/mol. The van der Waals surface area contributed by atoms with E-state index in [1.807, 2.05) is 24.4 Å². The Morgan fingerprint density at radius 1 is 1.32 bits per heavy atom. The zero-order chi connectivity index (χ0) is 15.7. The first-order chi connectivity index (χ1) is 10.6. The van der Waals surface area contributed by atoms with Gasteiger partial charge in [-0.3, -0.25) is 19.7 Å². The summed E-state index contributed by atoms with van der Waals surface area (Å²) < 4.78 is 1.43. The Hall–Kier alpha value is -2.35. The van der Waals surface area contributed by atoms with Crippen LogP contribution in [0.25, 0.3) is 0 Å². The first-order valence-corrected chi connectivity index (χ1v) is 7.97. The van der Waals surface area contributed by atoms with E-state index in [1.54, 1.807) is 0 Å². The first-order valence-electron chi connectivity index (χ1n) is 7.09. The van der Waals surface area contributed by atoms with Gasteiger partial charge in [0.2, 0.25) is 0 Å². The van der Waals surface area contributed by atoms with Gasteiger partial charge < -0.3 is 5.32 Å². The molecule has 0 spiro atoms. The van der Waals surface area contributed by atoms with Crippen LogP contribution >= 0.6 is 11.3 Å². The molecule has 0 aromatic carbocycles. The average Bonchev–Trinajstić information content (AvgIpc) is 3.00. The Morgan fingerprint density at radius 2 is 2.14 bits per heavy atom. The van der Waals surface area contributed by atoms with Gasteiger partial charge in [0.15, 0.2) is 0 Å². The zero-order valence-electron chi connectivity index (χ0n) is 12.0. The van der Waals surface area contributed by atoms with Crippen LogP contribution in [0.5, 0.6) is 0 Å². The summed E-state index contributed by atoms with van der Waals surface area (Å²) in [5, 5.41) is 7.23. The number of aromatic nitrogens is 2. The lowest BCUT2D eigenvalue weighted by Crippen LogP contribution is -2.46. The zero-order valence-corrected chi connectivity index (χ0v) is 12.8. The van der Waals surface area contributed by atoms with Gasteiger partial charge in [0.1, 0.15) is 5.82 Å². The minimum Gasteiger partial charge on any atom is -0.326 e. The van der Waals surface area contributed by atoms with Gasteiger partial charge in [0.05, 0.1) is 11.6 Å². The number of hydrogen-bond acceptors (Lipinski definition) is 4. The summed E-state index contributed by atoms with van der Waals surface area (Å²) in [5.41, 5.74) is -0.597. The van der Waals surface area contributed by atoms with E-state index in [1.165, 1.54) is 15.9 Å². The molecule has 0 fully saturated rings. The van der Waals surface area contributed by atoms with Crippen LogP contribution in [-0.4, -0.2) is 15.6 Å². The van der Waals surface area contributed by atoms with Crippen molar-refractivity contribution < 1.29 is 4.79 Å². The van der Waals surface area contributed by atoms with Crippen LogP contribution < -0.4 is 21.9 Å². The fourth-order valence-electron chi connectivity index (χ4n) is 2.53. The Balaban J connectivity index is 2.20. The molecular weight excluding hydrogens is 304 g/mol. The second-order valence-electron chi connectivity index (χ2n) is 5.07. The minimum absolute atomic E-state index is 0.296. The maximum absolute atomic E-state index is 12.3. The molecule has 0 unspecified atom stereocenters. The van der Waals surface area contributed by atoms with Crippen molar-refractivity contribution in [2.45, 2.75) is 32.4 Å². The fraction of sp³-hybridized carbons (Fsp3) is 0.357. The number of fused-ring (bicyclic) bond motifs is 1. The molecule has 22 heavy (non-hydrogen) atoms. The smallest absolute Gasteiger partial charge is 0.326 e. The number of hydrogen-bond donors (Lipinski definition) is 3. The van der Waals surface area contributed by atoms with Gasteiger partial charge in [-0.1, -0.05) is 19.4 Å². The van der Waals surface area contributed by atoms with Crippen molar-refractivity contribution in [1.29, 1.82) is 0 Å². The number of thiophene rings is 1. The summed E-state index contributed by atoms with van der Waals surface area (Å²) in [6, 6.07) is 2.75. The lowest BCUT2D eigenvalue weighted by molar-refractivity contribution is 0.248. The Kier molecular flexibility index (Phi) is 3.84. The molecule has 3 N–H and O–H groups in total. The number of carbonyl (C=O) groups is 1. The van der Waals surface area contributed by atoms with Crippen LogP contribution in [0, 0.1) is 0 Å². The van der Waals surface area contributed by atoms with E-state index in [0.717, 1.165) is 17.7 Å². The van der Waals surface area contributed by atoms with Crippen LogP contribution in [0.1, 0.15) is 36.2 Å². The van der Waals surface area contributed by atoms with Crippen molar-refractivity contribution in [2.24, 2.45) is 0 Å². The van der Waals surface area contributed by atoms with Gasteiger partial charge >= 0.3 is 11.7 Å². The van der Waals surface area contributed by atoms with Gasteiger partial charge in [-0.25, -0.2) is 9.59 Å².